The van der Waals surface area contributed by atoms with Crippen molar-refractivity contribution in [1.82, 2.24) is 5.32 Å². The summed E-state index contributed by atoms with van der Waals surface area (Å²) < 4.78 is 16.8. The summed E-state index contributed by atoms with van der Waals surface area (Å²) in [6.07, 6.45) is 0.861. The first-order chi connectivity index (χ1) is 15.0. The molecule has 0 aliphatic carbocycles. The summed E-state index contributed by atoms with van der Waals surface area (Å²) in [6, 6.07) is 17.2. The van der Waals surface area contributed by atoms with E-state index in [2.05, 4.69) is 11.4 Å². The van der Waals surface area contributed by atoms with Crippen LogP contribution in [0.5, 0.6) is 17.2 Å². The van der Waals surface area contributed by atoms with E-state index in [9.17, 15) is 0 Å². The van der Waals surface area contributed by atoms with Gasteiger partial charge >= 0.3 is 0 Å². The van der Waals surface area contributed by atoms with Crippen LogP contribution in [-0.2, 0) is 19.6 Å². The number of hydrogen-bond donors (Lipinski definition) is 1. The van der Waals surface area contributed by atoms with Crippen molar-refractivity contribution in [3.05, 3.63) is 86.4 Å². The van der Waals surface area contributed by atoms with Crippen molar-refractivity contribution in [3.63, 3.8) is 0 Å². The van der Waals surface area contributed by atoms with Gasteiger partial charge in [0.2, 0.25) is 0 Å². The molecule has 0 unspecified atom stereocenters. The van der Waals surface area contributed by atoms with Crippen molar-refractivity contribution in [1.29, 1.82) is 0 Å². The molecule has 164 valence electrons. The third-order valence-electron chi connectivity index (χ3n) is 4.75. The summed E-state index contributed by atoms with van der Waals surface area (Å²) in [5.74, 6) is 1.97. The molecular formula is C24H24Cl3NO3. The lowest BCUT2D eigenvalue weighted by Gasteiger charge is -2.15. The molecule has 0 heterocycles. The van der Waals surface area contributed by atoms with Crippen molar-refractivity contribution >= 4 is 34.8 Å². The average molecular weight is 481 g/mol. The van der Waals surface area contributed by atoms with Gasteiger partial charge in [-0.2, -0.15) is 0 Å². The molecule has 0 atom stereocenters. The highest BCUT2D eigenvalue weighted by molar-refractivity contribution is 6.42. The zero-order chi connectivity index (χ0) is 22.2. The smallest absolute Gasteiger partial charge is 0.180 e. The average Bonchev–Trinajstić information content (AvgIpc) is 2.78. The summed E-state index contributed by atoms with van der Waals surface area (Å²) >= 11 is 18.5. The minimum Gasteiger partial charge on any atom is -0.496 e. The molecule has 0 bridgehead atoms. The van der Waals surface area contributed by atoms with Crippen LogP contribution in [0.4, 0.5) is 0 Å². The van der Waals surface area contributed by atoms with E-state index in [-0.39, 0.29) is 0 Å². The van der Waals surface area contributed by atoms with Gasteiger partial charge in [-0.25, -0.2) is 0 Å². The molecule has 0 saturated heterocycles. The second-order valence-corrected chi connectivity index (χ2v) is 8.11. The van der Waals surface area contributed by atoms with E-state index in [0.717, 1.165) is 29.8 Å². The lowest BCUT2D eigenvalue weighted by Crippen LogP contribution is -2.17. The van der Waals surface area contributed by atoms with Gasteiger partial charge in [-0.05, 0) is 60.0 Å². The highest BCUT2D eigenvalue weighted by atomic mass is 35.5. The fraction of sp³-hybridized carbons (Fsp3) is 0.250. The number of hydrogen-bond acceptors (Lipinski definition) is 4. The lowest BCUT2D eigenvalue weighted by molar-refractivity contribution is 0.284. The quantitative estimate of drug-likeness (QED) is 0.333. The predicted molar refractivity (Wildman–Crippen MR) is 127 cm³/mol. The number of methoxy groups -OCH3 is 2. The van der Waals surface area contributed by atoms with Crippen LogP contribution in [0.3, 0.4) is 0 Å². The van der Waals surface area contributed by atoms with E-state index >= 15 is 0 Å². The fourth-order valence-electron chi connectivity index (χ4n) is 3.17. The van der Waals surface area contributed by atoms with Crippen molar-refractivity contribution in [3.8, 4) is 17.2 Å². The first-order valence-electron chi connectivity index (χ1n) is 9.77. The normalized spacial score (nSPS) is 10.7. The number of rotatable bonds is 10. The van der Waals surface area contributed by atoms with Crippen LogP contribution >= 0.6 is 34.8 Å². The Kier molecular flexibility index (Phi) is 8.73. The van der Waals surface area contributed by atoms with Gasteiger partial charge in [0.25, 0.3) is 0 Å². The topological polar surface area (TPSA) is 39.7 Å². The Hall–Kier alpha value is -2.11. The molecule has 0 amide bonds. The Morgan fingerprint density at radius 3 is 2.26 bits per heavy atom. The Morgan fingerprint density at radius 2 is 1.52 bits per heavy atom. The molecule has 1 N–H and O–H groups in total. The van der Waals surface area contributed by atoms with Gasteiger partial charge in [-0.3, -0.25) is 0 Å². The second-order valence-electron chi connectivity index (χ2n) is 6.88. The molecule has 3 aromatic carbocycles. The second kappa shape index (κ2) is 11.5. The highest BCUT2D eigenvalue weighted by Gasteiger charge is 2.13. The van der Waals surface area contributed by atoms with Crippen LogP contribution in [0.15, 0.2) is 54.6 Å². The fourth-order valence-corrected chi connectivity index (χ4v) is 3.77. The summed E-state index contributed by atoms with van der Waals surface area (Å²) in [6.45, 7) is 1.75. The zero-order valence-corrected chi connectivity index (χ0v) is 19.7. The van der Waals surface area contributed by atoms with Gasteiger partial charge in [-0.1, -0.05) is 59.1 Å². The molecule has 0 radical (unpaired) electrons. The number of halogens is 3. The van der Waals surface area contributed by atoms with Crippen molar-refractivity contribution in [2.75, 3.05) is 20.8 Å². The van der Waals surface area contributed by atoms with Crippen LogP contribution in [0.2, 0.25) is 15.1 Å². The summed E-state index contributed by atoms with van der Waals surface area (Å²) in [5, 5.41) is 4.90. The van der Waals surface area contributed by atoms with Gasteiger partial charge in [0.05, 0.1) is 29.3 Å². The first kappa shape index (κ1) is 23.6. The number of para-hydroxylation sites is 1. The highest BCUT2D eigenvalue weighted by Crippen LogP contribution is 2.37. The van der Waals surface area contributed by atoms with Crippen LogP contribution < -0.4 is 19.5 Å². The van der Waals surface area contributed by atoms with Gasteiger partial charge < -0.3 is 19.5 Å². The van der Waals surface area contributed by atoms with Crippen LogP contribution in [0.1, 0.15) is 16.7 Å². The zero-order valence-electron chi connectivity index (χ0n) is 17.4. The maximum atomic E-state index is 6.49. The molecule has 0 saturated carbocycles. The molecule has 3 rings (SSSR count). The summed E-state index contributed by atoms with van der Waals surface area (Å²) in [5.41, 5.74) is 3.05. The van der Waals surface area contributed by atoms with E-state index in [1.807, 2.05) is 36.4 Å². The standard InChI is InChI=1S/C24H24Cl3NO3/c1-29-22-6-4-3-5-18(22)9-10-28-14-17-12-21(27)24(23(13-17)30-2)31-15-16-7-8-19(25)20(26)11-16/h3-8,11-13,28H,9-10,14-15H2,1-2H3. The molecule has 3 aromatic rings. The van der Waals surface area contributed by atoms with Gasteiger partial charge in [-0.15, -0.1) is 0 Å². The Labute approximate surface area is 198 Å². The van der Waals surface area contributed by atoms with E-state index in [1.165, 1.54) is 5.56 Å². The van der Waals surface area contributed by atoms with Crippen molar-refractivity contribution in [2.24, 2.45) is 0 Å². The summed E-state index contributed by atoms with van der Waals surface area (Å²) in [4.78, 5) is 0. The molecule has 4 nitrogen and oxygen atoms in total. The molecule has 0 aliphatic heterocycles. The van der Waals surface area contributed by atoms with Gasteiger partial charge in [0.15, 0.2) is 11.5 Å². The number of benzene rings is 3. The van der Waals surface area contributed by atoms with Gasteiger partial charge in [0, 0.05) is 6.54 Å². The Morgan fingerprint density at radius 1 is 0.774 bits per heavy atom. The molecular weight excluding hydrogens is 457 g/mol. The van der Waals surface area contributed by atoms with E-state index in [1.54, 1.807) is 26.4 Å². The molecule has 0 spiro atoms. The Balaban J connectivity index is 1.60. The minimum absolute atomic E-state index is 0.295. The van der Waals surface area contributed by atoms with Crippen molar-refractivity contribution < 1.29 is 14.2 Å². The Bertz CT molecular complexity index is 1030. The molecule has 0 fully saturated rings. The third kappa shape index (κ3) is 6.44. The summed E-state index contributed by atoms with van der Waals surface area (Å²) in [7, 11) is 3.28. The maximum Gasteiger partial charge on any atom is 0.180 e. The SMILES string of the molecule is COc1ccccc1CCNCc1cc(Cl)c(OCc2ccc(Cl)c(Cl)c2)c(OC)c1. The van der Waals surface area contributed by atoms with E-state index in [4.69, 9.17) is 49.0 Å². The third-order valence-corrected chi connectivity index (χ3v) is 5.77. The lowest BCUT2D eigenvalue weighted by atomic mass is 10.1. The number of ether oxygens (including phenoxy) is 3. The van der Waals surface area contributed by atoms with Crippen LogP contribution in [-0.4, -0.2) is 20.8 Å². The van der Waals surface area contributed by atoms with Crippen LogP contribution in [0, 0.1) is 0 Å². The largest absolute Gasteiger partial charge is 0.496 e. The first-order valence-corrected chi connectivity index (χ1v) is 10.9. The molecule has 31 heavy (non-hydrogen) atoms. The van der Waals surface area contributed by atoms with Crippen LogP contribution in [0.25, 0.3) is 0 Å². The number of nitrogens with one attached hydrogen (secondary N) is 1. The van der Waals surface area contributed by atoms with Gasteiger partial charge in [0.1, 0.15) is 12.4 Å². The molecule has 7 heteroatoms. The monoisotopic (exact) mass is 479 g/mol. The minimum atomic E-state index is 0.295. The van der Waals surface area contributed by atoms with E-state index < -0.39 is 0 Å². The molecule has 0 aromatic heterocycles. The van der Waals surface area contributed by atoms with Crippen molar-refractivity contribution in [2.45, 2.75) is 19.6 Å². The van der Waals surface area contributed by atoms with E-state index in [0.29, 0.717) is 39.7 Å². The maximum absolute atomic E-state index is 6.49. The molecule has 0 aliphatic rings. The predicted octanol–water partition coefficient (Wildman–Crippen LogP) is 6.58.